The molecule has 0 saturated carbocycles. The van der Waals surface area contributed by atoms with Crippen molar-refractivity contribution in [1.29, 1.82) is 0 Å². The van der Waals surface area contributed by atoms with Crippen molar-refractivity contribution in [2.45, 2.75) is 38.9 Å². The number of carbonyl (C=O) groups is 1. The van der Waals surface area contributed by atoms with Crippen LogP contribution in [0.2, 0.25) is 0 Å². The number of Topliss-reactive ketones (excluding diaryl/α,β-unsaturated/α-hetero) is 1. The molecule has 4 rings (SSSR count). The van der Waals surface area contributed by atoms with E-state index in [0.29, 0.717) is 29.9 Å². The summed E-state index contributed by atoms with van der Waals surface area (Å²) in [5, 5.41) is 7.35. The number of nitrogens with one attached hydrogen (secondary N) is 1. The lowest BCUT2D eigenvalue weighted by Crippen LogP contribution is -2.36. The van der Waals surface area contributed by atoms with Crippen LogP contribution in [0.5, 0.6) is 0 Å². The summed E-state index contributed by atoms with van der Waals surface area (Å²) in [4.78, 5) is 17.0. The molecule has 26 heavy (non-hydrogen) atoms. The molecule has 2 heterocycles. The fourth-order valence-corrected chi connectivity index (χ4v) is 3.71. The van der Waals surface area contributed by atoms with Crippen LogP contribution in [0.1, 0.15) is 43.9 Å². The summed E-state index contributed by atoms with van der Waals surface area (Å²) >= 11 is 0. The Morgan fingerprint density at radius 1 is 1.19 bits per heavy atom. The van der Waals surface area contributed by atoms with Gasteiger partial charge in [0.2, 0.25) is 5.95 Å². The molecule has 0 bridgehead atoms. The lowest BCUT2D eigenvalue weighted by molar-refractivity contribution is -0.137. The zero-order valence-electron chi connectivity index (χ0n) is 14.3. The Hall–Kier alpha value is -2.64. The topological polar surface area (TPSA) is 59.8 Å². The Morgan fingerprint density at radius 3 is 2.54 bits per heavy atom. The predicted molar refractivity (Wildman–Crippen MR) is 88.3 cm³/mol. The Kier molecular flexibility index (Phi) is 3.51. The standard InChI is InChI=1S/C18H17F3N4O/c1-17(2)7-12-14(13(26)8-17)15(25-16(24-12)22-9-23-25)10-3-5-11(6-4-10)18(19,20)21/h3-6,9,15H,7-8H2,1-2H3,(H,22,23,24)/t15-/m0/s1. The molecule has 0 fully saturated rings. The summed E-state index contributed by atoms with van der Waals surface area (Å²) in [6, 6.07) is 4.30. The summed E-state index contributed by atoms with van der Waals surface area (Å²) in [5.41, 5.74) is 1.00. The van der Waals surface area contributed by atoms with Gasteiger partial charge in [0.05, 0.1) is 5.56 Å². The first-order valence-electron chi connectivity index (χ1n) is 8.26. The molecule has 1 aliphatic carbocycles. The molecule has 0 amide bonds. The van der Waals surface area contributed by atoms with E-state index in [1.807, 2.05) is 13.8 Å². The third-order valence-electron chi connectivity index (χ3n) is 4.83. The summed E-state index contributed by atoms with van der Waals surface area (Å²) in [5.74, 6) is 0.467. The van der Waals surface area contributed by atoms with Gasteiger partial charge in [-0.2, -0.15) is 23.3 Å². The van der Waals surface area contributed by atoms with Gasteiger partial charge in [0.25, 0.3) is 0 Å². The number of nitrogens with zero attached hydrogens (tertiary/aromatic N) is 3. The van der Waals surface area contributed by atoms with Crippen molar-refractivity contribution in [3.63, 3.8) is 0 Å². The first kappa shape index (κ1) is 16.8. The molecule has 1 aromatic carbocycles. The van der Waals surface area contributed by atoms with Crippen LogP contribution in [0.15, 0.2) is 41.9 Å². The maximum Gasteiger partial charge on any atom is 0.416 e. The van der Waals surface area contributed by atoms with Gasteiger partial charge in [-0.25, -0.2) is 4.68 Å². The molecule has 0 radical (unpaired) electrons. The van der Waals surface area contributed by atoms with Crippen molar-refractivity contribution in [3.8, 4) is 0 Å². The van der Waals surface area contributed by atoms with Gasteiger partial charge in [-0.1, -0.05) is 26.0 Å². The molecule has 136 valence electrons. The molecule has 1 N–H and O–H groups in total. The first-order chi connectivity index (χ1) is 12.2. The predicted octanol–water partition coefficient (Wildman–Crippen LogP) is 3.96. The molecule has 2 aromatic rings. The number of benzene rings is 1. The van der Waals surface area contributed by atoms with E-state index in [1.54, 1.807) is 4.68 Å². The second-order valence-electron chi connectivity index (χ2n) is 7.51. The number of hydrogen-bond acceptors (Lipinski definition) is 4. The number of carbonyl (C=O) groups excluding carboxylic acids is 1. The quantitative estimate of drug-likeness (QED) is 0.834. The number of aromatic nitrogens is 3. The number of fused-ring (bicyclic) bond motifs is 1. The fraction of sp³-hybridized carbons (Fsp3) is 0.389. The number of hydrogen-bond donors (Lipinski definition) is 1. The maximum absolute atomic E-state index is 12.9. The number of alkyl halides is 3. The lowest BCUT2D eigenvalue weighted by atomic mass is 9.73. The maximum atomic E-state index is 12.9. The number of rotatable bonds is 1. The lowest BCUT2D eigenvalue weighted by Gasteiger charge is -2.38. The van der Waals surface area contributed by atoms with E-state index >= 15 is 0 Å². The Balaban J connectivity index is 1.83. The van der Waals surface area contributed by atoms with Gasteiger partial charge >= 0.3 is 6.18 Å². The van der Waals surface area contributed by atoms with Crippen LogP contribution in [0.25, 0.3) is 0 Å². The number of ketones is 1. The van der Waals surface area contributed by atoms with Crippen molar-refractivity contribution < 1.29 is 18.0 Å². The molecule has 5 nitrogen and oxygen atoms in total. The number of allylic oxidation sites excluding steroid dienone is 2. The minimum absolute atomic E-state index is 0.0187. The summed E-state index contributed by atoms with van der Waals surface area (Å²) < 4.78 is 40.2. The van der Waals surface area contributed by atoms with Crippen molar-refractivity contribution in [3.05, 3.63) is 53.0 Å². The highest BCUT2D eigenvalue weighted by Crippen LogP contribution is 2.45. The van der Waals surface area contributed by atoms with Crippen molar-refractivity contribution in [1.82, 2.24) is 14.8 Å². The zero-order chi connectivity index (χ0) is 18.7. The summed E-state index contributed by atoms with van der Waals surface area (Å²) in [7, 11) is 0. The Labute approximate surface area is 147 Å². The molecule has 0 saturated heterocycles. The Bertz CT molecular complexity index is 909. The third kappa shape index (κ3) is 2.69. The molecule has 0 spiro atoms. The SMILES string of the molecule is CC1(C)CC(=O)C2=C(C1)Nc1ncnn1[C@H]2c1ccc(C(F)(F)F)cc1. The van der Waals surface area contributed by atoms with Gasteiger partial charge in [0.15, 0.2) is 5.78 Å². The fourth-order valence-electron chi connectivity index (χ4n) is 3.71. The smallest absolute Gasteiger partial charge is 0.328 e. The van der Waals surface area contributed by atoms with E-state index in [4.69, 9.17) is 0 Å². The van der Waals surface area contributed by atoms with Gasteiger partial charge in [-0.05, 0) is 29.5 Å². The highest BCUT2D eigenvalue weighted by Gasteiger charge is 2.41. The first-order valence-corrected chi connectivity index (χ1v) is 8.26. The average molecular weight is 362 g/mol. The van der Waals surface area contributed by atoms with Gasteiger partial charge in [0, 0.05) is 17.7 Å². The second kappa shape index (κ2) is 5.43. The summed E-state index contributed by atoms with van der Waals surface area (Å²) in [6.45, 7) is 4.03. The van der Waals surface area contributed by atoms with E-state index in [2.05, 4.69) is 15.4 Å². The number of anilines is 1. The van der Waals surface area contributed by atoms with Gasteiger partial charge < -0.3 is 5.32 Å². The third-order valence-corrected chi connectivity index (χ3v) is 4.83. The van der Waals surface area contributed by atoms with Gasteiger partial charge in [-0.3, -0.25) is 4.79 Å². The highest BCUT2D eigenvalue weighted by molar-refractivity contribution is 6.00. The normalized spacial score (nSPS) is 21.9. The van der Waals surface area contributed by atoms with Crippen molar-refractivity contribution in [2.24, 2.45) is 5.41 Å². The molecule has 1 aromatic heterocycles. The minimum Gasteiger partial charge on any atom is -0.328 e. The van der Waals surface area contributed by atoms with Crippen LogP contribution in [0, 0.1) is 5.41 Å². The zero-order valence-corrected chi connectivity index (χ0v) is 14.3. The molecule has 1 aliphatic heterocycles. The van der Waals surface area contributed by atoms with Gasteiger partial charge in [0.1, 0.15) is 12.4 Å². The summed E-state index contributed by atoms with van der Waals surface area (Å²) in [6.07, 6.45) is -1.99. The average Bonchev–Trinajstić information content (AvgIpc) is 2.99. The van der Waals surface area contributed by atoms with E-state index in [9.17, 15) is 18.0 Å². The van der Waals surface area contributed by atoms with Gasteiger partial charge in [-0.15, -0.1) is 0 Å². The van der Waals surface area contributed by atoms with Crippen molar-refractivity contribution >= 4 is 11.7 Å². The molecular weight excluding hydrogens is 345 g/mol. The second-order valence-corrected chi connectivity index (χ2v) is 7.51. The minimum atomic E-state index is -4.40. The monoisotopic (exact) mass is 362 g/mol. The van der Waals surface area contributed by atoms with Crippen LogP contribution >= 0.6 is 0 Å². The Morgan fingerprint density at radius 2 is 1.88 bits per heavy atom. The van der Waals surface area contributed by atoms with E-state index in [0.717, 1.165) is 17.8 Å². The van der Waals surface area contributed by atoms with Crippen LogP contribution in [-0.2, 0) is 11.0 Å². The molecule has 8 heteroatoms. The molecule has 0 unspecified atom stereocenters. The molecule has 1 atom stereocenters. The largest absolute Gasteiger partial charge is 0.416 e. The van der Waals surface area contributed by atoms with E-state index < -0.39 is 17.8 Å². The van der Waals surface area contributed by atoms with Crippen LogP contribution in [-0.4, -0.2) is 20.5 Å². The van der Waals surface area contributed by atoms with E-state index in [1.165, 1.54) is 18.5 Å². The van der Waals surface area contributed by atoms with E-state index in [-0.39, 0.29) is 11.2 Å². The van der Waals surface area contributed by atoms with Crippen molar-refractivity contribution in [2.75, 3.05) is 5.32 Å². The molecular formula is C18H17F3N4O. The molecule has 2 aliphatic rings. The van der Waals surface area contributed by atoms with Crippen LogP contribution in [0.4, 0.5) is 19.1 Å². The van der Waals surface area contributed by atoms with Crippen LogP contribution < -0.4 is 5.32 Å². The van der Waals surface area contributed by atoms with Crippen LogP contribution in [0.3, 0.4) is 0 Å². The highest BCUT2D eigenvalue weighted by atomic mass is 19.4. The number of halogens is 3.